The molecule has 202 valence electrons. The second-order valence-electron chi connectivity index (χ2n) is 8.63. The van der Waals surface area contributed by atoms with E-state index in [2.05, 4.69) is 21.2 Å². The second kappa shape index (κ2) is 12.0. The smallest absolute Gasteiger partial charge is 0.335 e. The molecule has 1 heterocycles. The van der Waals surface area contributed by atoms with E-state index in [4.69, 9.17) is 18.9 Å². The number of anilines is 1. The first kappa shape index (κ1) is 27.7. The highest BCUT2D eigenvalue weighted by molar-refractivity contribution is 9.10. The molecule has 0 bridgehead atoms. The first-order valence-corrected chi connectivity index (χ1v) is 12.8. The van der Waals surface area contributed by atoms with Crippen LogP contribution in [0.3, 0.4) is 0 Å². The number of hydrogen-bond donors (Lipinski definition) is 1. The molecule has 1 fully saturated rings. The lowest BCUT2D eigenvalue weighted by Crippen LogP contribution is -2.54. The maximum Gasteiger partial charge on any atom is 0.335 e. The van der Waals surface area contributed by atoms with Gasteiger partial charge < -0.3 is 18.9 Å². The molecule has 3 aromatic carbocycles. The first-order chi connectivity index (χ1) is 18.7. The van der Waals surface area contributed by atoms with Gasteiger partial charge in [-0.15, -0.1) is 0 Å². The summed E-state index contributed by atoms with van der Waals surface area (Å²) in [6.45, 7) is 4.63. The van der Waals surface area contributed by atoms with Gasteiger partial charge in [-0.2, -0.15) is 0 Å². The molecule has 1 N–H and O–H groups in total. The molecular weight excluding hydrogens is 568 g/mol. The second-order valence-corrected chi connectivity index (χ2v) is 9.49. The maximum absolute atomic E-state index is 13.2. The number of carbonyl (C=O) groups excluding carboxylic acids is 3. The van der Waals surface area contributed by atoms with Gasteiger partial charge in [-0.05, 0) is 101 Å². The van der Waals surface area contributed by atoms with Crippen LogP contribution in [-0.4, -0.2) is 45.3 Å². The van der Waals surface area contributed by atoms with E-state index in [9.17, 15) is 14.4 Å². The minimum Gasteiger partial charge on any atom is -0.497 e. The van der Waals surface area contributed by atoms with Crippen molar-refractivity contribution in [2.75, 3.05) is 32.3 Å². The van der Waals surface area contributed by atoms with Gasteiger partial charge in [-0.3, -0.25) is 14.9 Å². The minimum atomic E-state index is -0.835. The number of ether oxygens (including phenoxy) is 4. The van der Waals surface area contributed by atoms with Gasteiger partial charge in [0.2, 0.25) is 0 Å². The van der Waals surface area contributed by atoms with Gasteiger partial charge in [-0.25, -0.2) is 9.69 Å². The quantitative estimate of drug-likeness (QED) is 0.206. The number of hydrogen-bond acceptors (Lipinski definition) is 7. The fraction of sp³-hybridized carbons (Fsp3) is 0.207. The molecule has 1 aliphatic rings. The summed E-state index contributed by atoms with van der Waals surface area (Å²) in [5.74, 6) is 0.590. The van der Waals surface area contributed by atoms with Gasteiger partial charge in [0.1, 0.15) is 30.3 Å². The zero-order valence-electron chi connectivity index (χ0n) is 21.9. The number of imide groups is 2. The average Bonchev–Trinajstić information content (AvgIpc) is 2.91. The van der Waals surface area contributed by atoms with Crippen LogP contribution >= 0.6 is 15.9 Å². The molecule has 0 aromatic heterocycles. The molecule has 9 nitrogen and oxygen atoms in total. The standard InChI is InChI=1S/C29H27BrN2O7/c1-17-5-8-22(13-18(17)2)38-11-12-39-26-24(30)15-19(16-25(26)37-4)14-23-27(33)31-29(35)32(28(23)34)20-6-9-21(36-3)10-7-20/h5-10,13-16H,11-12H2,1-4H3,(H,31,33,35)/b23-14-. The van der Waals surface area contributed by atoms with Crippen LogP contribution in [0.1, 0.15) is 16.7 Å². The number of urea groups is 1. The largest absolute Gasteiger partial charge is 0.497 e. The lowest BCUT2D eigenvalue weighted by atomic mass is 10.1. The van der Waals surface area contributed by atoms with Gasteiger partial charge in [0.25, 0.3) is 11.8 Å². The molecule has 0 radical (unpaired) electrons. The SMILES string of the molecule is COc1ccc(N2C(=O)NC(=O)/C(=C/c3cc(Br)c(OCCOc4ccc(C)c(C)c4)c(OC)c3)C2=O)cc1. The minimum absolute atomic E-state index is 0.213. The highest BCUT2D eigenvalue weighted by atomic mass is 79.9. The topological polar surface area (TPSA) is 103 Å². The van der Waals surface area contributed by atoms with Crippen LogP contribution in [0.25, 0.3) is 6.08 Å². The predicted octanol–water partition coefficient (Wildman–Crippen LogP) is 5.21. The summed E-state index contributed by atoms with van der Waals surface area (Å²) in [6.07, 6.45) is 1.39. The number of amides is 4. The van der Waals surface area contributed by atoms with E-state index in [1.54, 1.807) is 36.4 Å². The van der Waals surface area contributed by atoms with Gasteiger partial charge in [0.05, 0.1) is 24.4 Å². The lowest BCUT2D eigenvalue weighted by molar-refractivity contribution is -0.122. The molecule has 0 atom stereocenters. The Kier molecular flexibility index (Phi) is 8.55. The molecule has 10 heteroatoms. The summed E-state index contributed by atoms with van der Waals surface area (Å²) in [6, 6.07) is 14.7. The van der Waals surface area contributed by atoms with Gasteiger partial charge >= 0.3 is 6.03 Å². The number of carbonyl (C=O) groups is 3. The van der Waals surface area contributed by atoms with E-state index >= 15 is 0 Å². The van der Waals surface area contributed by atoms with Crippen molar-refractivity contribution in [1.82, 2.24) is 5.32 Å². The van der Waals surface area contributed by atoms with Crippen LogP contribution in [-0.2, 0) is 9.59 Å². The summed E-state index contributed by atoms with van der Waals surface area (Å²) < 4.78 is 22.9. The van der Waals surface area contributed by atoms with Crippen LogP contribution in [0.2, 0.25) is 0 Å². The molecular formula is C29H27BrN2O7. The summed E-state index contributed by atoms with van der Waals surface area (Å²) in [5, 5.41) is 2.21. The number of nitrogens with zero attached hydrogens (tertiary/aromatic N) is 1. The Labute approximate surface area is 234 Å². The Bertz CT molecular complexity index is 1450. The molecule has 0 spiro atoms. The average molecular weight is 595 g/mol. The Morgan fingerprint density at radius 3 is 2.21 bits per heavy atom. The van der Waals surface area contributed by atoms with Crippen molar-refractivity contribution in [2.45, 2.75) is 13.8 Å². The van der Waals surface area contributed by atoms with Gasteiger partial charge in [0.15, 0.2) is 11.5 Å². The van der Waals surface area contributed by atoms with Gasteiger partial charge in [0, 0.05) is 0 Å². The van der Waals surface area contributed by atoms with Crippen LogP contribution in [0.4, 0.5) is 10.5 Å². The zero-order valence-corrected chi connectivity index (χ0v) is 23.5. The number of barbiturate groups is 1. The third-order valence-electron chi connectivity index (χ3n) is 6.07. The fourth-order valence-electron chi connectivity index (χ4n) is 3.86. The third kappa shape index (κ3) is 6.23. The molecule has 39 heavy (non-hydrogen) atoms. The van der Waals surface area contributed by atoms with Gasteiger partial charge in [-0.1, -0.05) is 6.07 Å². The number of rotatable bonds is 9. The number of aryl methyl sites for hydroxylation is 2. The number of methoxy groups -OCH3 is 2. The number of halogens is 1. The molecule has 0 aliphatic carbocycles. The van der Waals surface area contributed by atoms with E-state index in [-0.39, 0.29) is 12.2 Å². The molecule has 4 amide bonds. The molecule has 1 aliphatic heterocycles. The summed E-state index contributed by atoms with van der Waals surface area (Å²) in [4.78, 5) is 39.2. The molecule has 0 saturated carbocycles. The van der Waals surface area contributed by atoms with Crippen molar-refractivity contribution in [3.63, 3.8) is 0 Å². The number of nitrogens with one attached hydrogen (secondary N) is 1. The molecule has 0 unspecified atom stereocenters. The monoisotopic (exact) mass is 594 g/mol. The van der Waals surface area contributed by atoms with Crippen LogP contribution in [0.5, 0.6) is 23.0 Å². The molecule has 3 aromatic rings. The van der Waals surface area contributed by atoms with Crippen molar-refractivity contribution in [2.24, 2.45) is 0 Å². The highest BCUT2D eigenvalue weighted by Crippen LogP contribution is 2.37. The zero-order chi connectivity index (χ0) is 28.1. The van der Waals surface area contributed by atoms with E-state index < -0.39 is 17.8 Å². The Balaban J connectivity index is 1.51. The lowest BCUT2D eigenvalue weighted by Gasteiger charge is -2.26. The molecule has 1 saturated heterocycles. The number of benzene rings is 3. The van der Waals surface area contributed by atoms with E-state index in [0.29, 0.717) is 39.6 Å². The van der Waals surface area contributed by atoms with Crippen molar-refractivity contribution in [1.29, 1.82) is 0 Å². The van der Waals surface area contributed by atoms with Crippen molar-refractivity contribution in [3.05, 3.63) is 81.3 Å². The Morgan fingerprint density at radius 1 is 0.846 bits per heavy atom. The summed E-state index contributed by atoms with van der Waals surface area (Å²) in [7, 11) is 3.00. The fourth-order valence-corrected chi connectivity index (χ4v) is 4.43. The van der Waals surface area contributed by atoms with E-state index in [1.165, 1.54) is 25.9 Å². The van der Waals surface area contributed by atoms with Crippen molar-refractivity contribution < 1.29 is 33.3 Å². The molecule has 4 rings (SSSR count). The Morgan fingerprint density at radius 2 is 1.54 bits per heavy atom. The van der Waals surface area contributed by atoms with Crippen molar-refractivity contribution in [3.8, 4) is 23.0 Å². The van der Waals surface area contributed by atoms with E-state index in [0.717, 1.165) is 16.2 Å². The third-order valence-corrected chi connectivity index (χ3v) is 6.66. The van der Waals surface area contributed by atoms with Crippen LogP contribution < -0.4 is 29.2 Å². The first-order valence-electron chi connectivity index (χ1n) is 12.0. The van der Waals surface area contributed by atoms with Crippen LogP contribution in [0.15, 0.2) is 64.6 Å². The normalized spacial score (nSPS) is 14.3. The maximum atomic E-state index is 13.2. The predicted molar refractivity (Wildman–Crippen MR) is 150 cm³/mol. The Hall–Kier alpha value is -4.31. The van der Waals surface area contributed by atoms with E-state index in [1.807, 2.05) is 32.0 Å². The summed E-state index contributed by atoms with van der Waals surface area (Å²) in [5.41, 5.74) is 2.90. The highest BCUT2D eigenvalue weighted by Gasteiger charge is 2.37. The van der Waals surface area contributed by atoms with Crippen LogP contribution in [0, 0.1) is 13.8 Å². The van der Waals surface area contributed by atoms with Crippen molar-refractivity contribution >= 4 is 45.5 Å². The summed E-state index contributed by atoms with van der Waals surface area (Å²) >= 11 is 3.48.